The number of aromatic amines is 1. The van der Waals surface area contributed by atoms with Crippen molar-refractivity contribution in [2.45, 2.75) is 32.7 Å². The van der Waals surface area contributed by atoms with Gasteiger partial charge in [0, 0.05) is 20.1 Å². The van der Waals surface area contributed by atoms with Crippen molar-refractivity contribution in [2.24, 2.45) is 0 Å². The number of anilines is 2. The van der Waals surface area contributed by atoms with E-state index in [9.17, 15) is 14.4 Å². The van der Waals surface area contributed by atoms with Gasteiger partial charge in [-0.1, -0.05) is 19.4 Å². The van der Waals surface area contributed by atoms with Crippen LogP contribution in [0, 0.1) is 0 Å². The van der Waals surface area contributed by atoms with Crippen LogP contribution in [0.5, 0.6) is 11.5 Å². The molecule has 0 saturated heterocycles. The Hall–Kier alpha value is -3.43. The van der Waals surface area contributed by atoms with E-state index >= 15 is 0 Å². The first kappa shape index (κ1) is 23.8. The summed E-state index contributed by atoms with van der Waals surface area (Å²) in [6, 6.07) is 5.57. The van der Waals surface area contributed by atoms with E-state index in [1.54, 1.807) is 21.3 Å². The summed E-state index contributed by atoms with van der Waals surface area (Å²) in [5, 5.41) is 2.82. The number of H-pyrrole nitrogens is 1. The highest BCUT2D eigenvalue weighted by molar-refractivity contribution is 5.82. The first-order valence-corrected chi connectivity index (χ1v) is 10.1. The fourth-order valence-corrected chi connectivity index (χ4v) is 3.22. The predicted molar refractivity (Wildman–Crippen MR) is 120 cm³/mol. The molecule has 4 N–H and O–H groups in total. The number of rotatable bonds is 11. The zero-order chi connectivity index (χ0) is 23.0. The molecule has 170 valence electrons. The van der Waals surface area contributed by atoms with E-state index in [2.05, 4.69) is 10.3 Å². The average Bonchev–Trinajstić information content (AvgIpc) is 2.73. The van der Waals surface area contributed by atoms with E-state index in [-0.39, 0.29) is 24.0 Å². The number of hydrogen-bond acceptors (Lipinski definition) is 7. The van der Waals surface area contributed by atoms with Crippen molar-refractivity contribution in [3.63, 3.8) is 0 Å². The molecule has 31 heavy (non-hydrogen) atoms. The number of nitrogens with two attached hydrogens (primary N) is 1. The topological polar surface area (TPSA) is 132 Å². The second-order valence-electron chi connectivity index (χ2n) is 7.14. The average molecular weight is 434 g/mol. The third-order valence-electron chi connectivity index (χ3n) is 4.90. The van der Waals surface area contributed by atoms with Crippen LogP contribution >= 0.6 is 0 Å². The number of carbonyl (C=O) groups is 1. The Labute approximate surface area is 181 Å². The first-order valence-electron chi connectivity index (χ1n) is 10.1. The van der Waals surface area contributed by atoms with Crippen molar-refractivity contribution in [3.05, 3.63) is 44.6 Å². The summed E-state index contributed by atoms with van der Waals surface area (Å²) in [5.41, 5.74) is 6.00. The van der Waals surface area contributed by atoms with Gasteiger partial charge in [-0.05, 0) is 30.5 Å². The number of unbranched alkanes of at least 4 members (excludes halogenated alkanes) is 1. The van der Waals surface area contributed by atoms with Gasteiger partial charge < -0.3 is 25.4 Å². The fraction of sp³-hybridized carbons (Fsp3) is 0.476. The number of methoxy groups -OCH3 is 2. The molecule has 1 heterocycles. The van der Waals surface area contributed by atoms with E-state index in [1.165, 1.54) is 9.47 Å². The number of likely N-dealkylation sites (N-methyl/N-ethyl adjacent to an activating group) is 1. The summed E-state index contributed by atoms with van der Waals surface area (Å²) in [6.45, 7) is 2.72. The smallest absolute Gasteiger partial charge is 0.330 e. The summed E-state index contributed by atoms with van der Waals surface area (Å²) < 4.78 is 11.8. The zero-order valence-corrected chi connectivity index (χ0v) is 18.5. The highest BCUT2D eigenvalue weighted by Gasteiger charge is 2.18. The zero-order valence-electron chi connectivity index (χ0n) is 18.5. The van der Waals surface area contributed by atoms with Gasteiger partial charge in [0.25, 0.3) is 5.56 Å². The van der Waals surface area contributed by atoms with Crippen molar-refractivity contribution in [3.8, 4) is 11.5 Å². The number of ether oxygens (including phenoxy) is 2. The van der Waals surface area contributed by atoms with Crippen LogP contribution in [0.4, 0.5) is 11.5 Å². The molecular formula is C21H31N5O5. The molecule has 0 unspecified atom stereocenters. The number of nitrogens with zero attached hydrogens (tertiary/aromatic N) is 2. The molecule has 2 rings (SSSR count). The number of aromatic nitrogens is 2. The van der Waals surface area contributed by atoms with Crippen LogP contribution in [-0.4, -0.2) is 49.8 Å². The molecule has 1 aromatic carbocycles. The van der Waals surface area contributed by atoms with E-state index < -0.39 is 11.2 Å². The summed E-state index contributed by atoms with van der Waals surface area (Å²) in [6.07, 6.45) is 2.22. The first-order chi connectivity index (χ1) is 14.8. The molecule has 0 saturated carbocycles. The van der Waals surface area contributed by atoms with Gasteiger partial charge >= 0.3 is 5.69 Å². The van der Waals surface area contributed by atoms with E-state index in [0.717, 1.165) is 18.4 Å². The molecule has 0 aliphatic heterocycles. The van der Waals surface area contributed by atoms with E-state index in [4.69, 9.17) is 15.2 Å². The Bertz CT molecular complexity index is 1010. The van der Waals surface area contributed by atoms with Gasteiger partial charge in [0.1, 0.15) is 11.5 Å². The molecular weight excluding hydrogens is 402 g/mol. The Morgan fingerprint density at radius 2 is 1.94 bits per heavy atom. The van der Waals surface area contributed by atoms with Crippen LogP contribution in [0.3, 0.4) is 0 Å². The summed E-state index contributed by atoms with van der Waals surface area (Å²) in [4.78, 5) is 40.4. The standard InChI is InChI=1S/C21H31N5O5/c1-5-6-11-26-19(22)18(20(28)24-21(26)29)25(2)13-17(27)23-10-9-14-7-8-15(30-3)16(12-14)31-4/h7-8,12H,5-6,9-11,13,22H2,1-4H3,(H,23,27)(H,24,28,29). The number of nitrogen functional groups attached to an aromatic ring is 1. The van der Waals surface area contributed by atoms with Crippen LogP contribution in [0.1, 0.15) is 25.3 Å². The Balaban J connectivity index is 2.00. The normalized spacial score (nSPS) is 10.6. The highest BCUT2D eigenvalue weighted by atomic mass is 16.5. The van der Waals surface area contributed by atoms with Crippen LogP contribution in [0.25, 0.3) is 0 Å². The summed E-state index contributed by atoms with van der Waals surface area (Å²) in [5.74, 6) is 1.05. The molecule has 1 aromatic heterocycles. The number of carbonyl (C=O) groups excluding carboxylic acids is 1. The van der Waals surface area contributed by atoms with Crippen LogP contribution in [0.2, 0.25) is 0 Å². The minimum atomic E-state index is -0.615. The molecule has 0 bridgehead atoms. The lowest BCUT2D eigenvalue weighted by Gasteiger charge is -2.21. The second kappa shape index (κ2) is 11.1. The summed E-state index contributed by atoms with van der Waals surface area (Å²) in [7, 11) is 4.73. The lowest BCUT2D eigenvalue weighted by Crippen LogP contribution is -2.41. The van der Waals surface area contributed by atoms with Gasteiger partial charge in [-0.15, -0.1) is 0 Å². The van der Waals surface area contributed by atoms with Crippen molar-refractivity contribution in [1.82, 2.24) is 14.9 Å². The number of benzene rings is 1. The maximum Gasteiger partial charge on any atom is 0.330 e. The minimum Gasteiger partial charge on any atom is -0.493 e. The van der Waals surface area contributed by atoms with Gasteiger partial charge in [0.15, 0.2) is 11.5 Å². The van der Waals surface area contributed by atoms with Gasteiger partial charge in [0.2, 0.25) is 5.91 Å². The largest absolute Gasteiger partial charge is 0.493 e. The van der Waals surface area contributed by atoms with Crippen LogP contribution < -0.4 is 36.7 Å². The highest BCUT2D eigenvalue weighted by Crippen LogP contribution is 2.27. The van der Waals surface area contributed by atoms with Gasteiger partial charge in [-0.3, -0.25) is 19.1 Å². The molecule has 0 fully saturated rings. The molecule has 0 aliphatic rings. The maximum absolute atomic E-state index is 12.4. The third kappa shape index (κ3) is 6.03. The lowest BCUT2D eigenvalue weighted by molar-refractivity contribution is -0.119. The molecule has 0 spiro atoms. The van der Waals surface area contributed by atoms with Crippen LogP contribution in [-0.2, 0) is 17.8 Å². The second-order valence-corrected chi connectivity index (χ2v) is 7.14. The minimum absolute atomic E-state index is 0.0582. The molecule has 0 aliphatic carbocycles. The third-order valence-corrected chi connectivity index (χ3v) is 4.90. The SMILES string of the molecule is CCCCn1c(N)c(N(C)CC(=O)NCCc2ccc(OC)c(OC)c2)c(=O)[nH]c1=O. The van der Waals surface area contributed by atoms with E-state index in [1.807, 2.05) is 25.1 Å². The fourth-order valence-electron chi connectivity index (χ4n) is 3.22. The number of amides is 1. The monoisotopic (exact) mass is 433 g/mol. The number of nitrogens with one attached hydrogen (secondary N) is 2. The molecule has 10 heteroatoms. The van der Waals surface area contributed by atoms with Gasteiger partial charge in [-0.2, -0.15) is 0 Å². The van der Waals surface area contributed by atoms with Crippen LogP contribution in [0.15, 0.2) is 27.8 Å². The van der Waals surface area contributed by atoms with Gasteiger partial charge in [-0.25, -0.2) is 4.79 Å². The molecule has 0 radical (unpaired) electrons. The molecule has 0 atom stereocenters. The van der Waals surface area contributed by atoms with Gasteiger partial charge in [0.05, 0.1) is 20.8 Å². The lowest BCUT2D eigenvalue weighted by atomic mass is 10.1. The van der Waals surface area contributed by atoms with Crippen molar-refractivity contribution >= 4 is 17.4 Å². The Morgan fingerprint density at radius 3 is 2.58 bits per heavy atom. The molecule has 1 amide bonds. The molecule has 10 nitrogen and oxygen atoms in total. The quantitative estimate of drug-likeness (QED) is 0.476. The van der Waals surface area contributed by atoms with Crippen molar-refractivity contribution in [1.29, 1.82) is 0 Å². The maximum atomic E-state index is 12.4. The Morgan fingerprint density at radius 1 is 1.23 bits per heavy atom. The van der Waals surface area contributed by atoms with E-state index in [0.29, 0.717) is 31.0 Å². The Kier molecular flexibility index (Phi) is 8.53. The van der Waals surface area contributed by atoms with Crippen molar-refractivity contribution in [2.75, 3.05) is 45.0 Å². The van der Waals surface area contributed by atoms with Crippen molar-refractivity contribution < 1.29 is 14.3 Å². The molecule has 2 aromatic rings. The number of hydrogen-bond donors (Lipinski definition) is 3. The summed E-state index contributed by atoms with van der Waals surface area (Å²) >= 11 is 0. The predicted octanol–water partition coefficient (Wildman–Crippen LogP) is 0.731.